The van der Waals surface area contributed by atoms with Crippen LogP contribution >= 0.6 is 0 Å². The van der Waals surface area contributed by atoms with Crippen molar-refractivity contribution in [2.75, 3.05) is 0 Å². The minimum atomic E-state index is 0. The molecule has 0 heterocycles. The van der Waals surface area contributed by atoms with Crippen LogP contribution in [0.3, 0.4) is 0 Å². The topological polar surface area (TPSA) is 9.23 Å². The molecule has 0 aromatic heterocycles. The maximum absolute atomic E-state index is 4.94. The molecule has 1 saturated carbocycles. The van der Waals surface area contributed by atoms with E-state index in [0.717, 1.165) is 0 Å². The Bertz CT molecular complexity index is 59.9. The van der Waals surface area contributed by atoms with Crippen LogP contribution in [-0.4, -0.2) is 6.10 Å². The molecule has 48 valence electrons. The van der Waals surface area contributed by atoms with Gasteiger partial charge >= 0.3 is 18.9 Å². The Balaban J connectivity index is 0.000000640. The van der Waals surface area contributed by atoms with Crippen LogP contribution in [0.4, 0.5) is 0 Å². The van der Waals surface area contributed by atoms with Gasteiger partial charge in [0, 0.05) is 6.10 Å². The molecule has 0 aliphatic heterocycles. The molecule has 0 atom stereocenters. The summed E-state index contributed by atoms with van der Waals surface area (Å²) in [5, 5.41) is 0. The summed E-state index contributed by atoms with van der Waals surface area (Å²) in [5.41, 5.74) is 0. The van der Waals surface area contributed by atoms with Gasteiger partial charge in [-0.15, -0.1) is 0 Å². The van der Waals surface area contributed by atoms with Crippen LogP contribution in [0.5, 0.6) is 0 Å². The van der Waals surface area contributed by atoms with Gasteiger partial charge in [-0.05, 0) is 12.8 Å². The summed E-state index contributed by atoms with van der Waals surface area (Å²) in [6.45, 7) is 0. The van der Waals surface area contributed by atoms with Gasteiger partial charge in [0.25, 0.3) is 0 Å². The SMILES string of the molecule is [CH2-]OC1CCCCC1.[Li+]. The molecule has 0 N–H and O–H groups in total. The zero-order chi connectivity index (χ0) is 5.82. The Morgan fingerprint density at radius 3 is 2.00 bits per heavy atom. The average Bonchev–Trinajstić information content (AvgIpc) is 1.90. The number of ether oxygens (including phenoxy) is 1. The van der Waals surface area contributed by atoms with Gasteiger partial charge in [-0.1, -0.05) is 19.3 Å². The first-order valence-electron chi connectivity index (χ1n) is 3.34. The first-order valence-corrected chi connectivity index (χ1v) is 3.34. The first-order chi connectivity index (χ1) is 3.93. The molecule has 1 aliphatic rings. The molecule has 1 fully saturated rings. The Morgan fingerprint density at radius 1 is 1.11 bits per heavy atom. The predicted octanol–water partition coefficient (Wildman–Crippen LogP) is -0.869. The molecule has 0 saturated heterocycles. The second-order valence-corrected chi connectivity index (χ2v) is 2.43. The van der Waals surface area contributed by atoms with Gasteiger partial charge in [-0.25, -0.2) is 7.11 Å². The van der Waals surface area contributed by atoms with Gasteiger partial charge in [0.1, 0.15) is 0 Å². The molecule has 0 amide bonds. The molecule has 0 unspecified atom stereocenters. The van der Waals surface area contributed by atoms with Crippen LogP contribution in [-0.2, 0) is 4.74 Å². The number of hydrogen-bond acceptors (Lipinski definition) is 1. The van der Waals surface area contributed by atoms with Gasteiger partial charge < -0.3 is 4.74 Å². The van der Waals surface area contributed by atoms with Crippen LogP contribution in [0.15, 0.2) is 0 Å². The van der Waals surface area contributed by atoms with Gasteiger partial charge in [-0.3, -0.25) is 0 Å². The van der Waals surface area contributed by atoms with Crippen molar-refractivity contribution >= 4 is 0 Å². The van der Waals surface area contributed by atoms with Gasteiger partial charge in [0.05, 0.1) is 0 Å². The van der Waals surface area contributed by atoms with Gasteiger partial charge in [-0.2, -0.15) is 0 Å². The normalized spacial score (nSPS) is 21.0. The molecule has 0 spiro atoms. The Hall–Kier alpha value is 0.557. The predicted molar refractivity (Wildman–Crippen MR) is 33.3 cm³/mol. The fourth-order valence-corrected chi connectivity index (χ4v) is 1.23. The van der Waals surface area contributed by atoms with Crippen molar-refractivity contribution in [1.82, 2.24) is 0 Å². The average molecular weight is 120 g/mol. The number of hydrogen-bond donors (Lipinski definition) is 0. The summed E-state index contributed by atoms with van der Waals surface area (Å²) in [6.07, 6.45) is 6.98. The molecule has 0 aromatic carbocycles. The Kier molecular flexibility index (Phi) is 5.68. The summed E-state index contributed by atoms with van der Waals surface area (Å²) in [7, 11) is 3.41. The standard InChI is InChI=1S/C7H13O.Li/c1-8-7-5-3-2-4-6-7;/h7H,1-6H2;/q-1;+1. The van der Waals surface area contributed by atoms with E-state index >= 15 is 0 Å². The summed E-state index contributed by atoms with van der Waals surface area (Å²) in [6, 6.07) is 0. The van der Waals surface area contributed by atoms with E-state index in [1.165, 1.54) is 32.1 Å². The Labute approximate surface area is 69.3 Å². The Morgan fingerprint density at radius 2 is 1.67 bits per heavy atom. The fraction of sp³-hybridized carbons (Fsp3) is 0.857. The van der Waals surface area contributed by atoms with Crippen molar-refractivity contribution in [3.8, 4) is 0 Å². The van der Waals surface area contributed by atoms with Gasteiger partial charge in [0.15, 0.2) is 0 Å². The van der Waals surface area contributed by atoms with E-state index in [1.807, 2.05) is 0 Å². The molecule has 2 heteroatoms. The third kappa shape index (κ3) is 3.30. The second kappa shape index (κ2) is 5.35. The van der Waals surface area contributed by atoms with Crippen molar-refractivity contribution in [1.29, 1.82) is 0 Å². The second-order valence-electron chi connectivity index (χ2n) is 2.43. The van der Waals surface area contributed by atoms with Gasteiger partial charge in [0.2, 0.25) is 0 Å². The van der Waals surface area contributed by atoms with Crippen LogP contribution in [0.25, 0.3) is 0 Å². The van der Waals surface area contributed by atoms with Crippen LogP contribution in [0.1, 0.15) is 32.1 Å². The maximum Gasteiger partial charge on any atom is 1.00 e. The smallest absolute Gasteiger partial charge is 0.553 e. The van der Waals surface area contributed by atoms with E-state index in [0.29, 0.717) is 6.10 Å². The quantitative estimate of drug-likeness (QED) is 0.323. The molecule has 1 rings (SSSR count). The monoisotopic (exact) mass is 120 g/mol. The molecule has 1 aliphatic carbocycles. The number of rotatable bonds is 1. The van der Waals surface area contributed by atoms with E-state index in [1.54, 1.807) is 0 Å². The zero-order valence-corrected chi connectivity index (χ0v) is 6.23. The molecule has 0 radical (unpaired) electrons. The van der Waals surface area contributed by atoms with Crippen LogP contribution < -0.4 is 18.9 Å². The molecular weight excluding hydrogens is 107 g/mol. The first kappa shape index (κ1) is 9.56. The molecule has 1 nitrogen and oxygen atoms in total. The summed E-state index contributed by atoms with van der Waals surface area (Å²) >= 11 is 0. The van der Waals surface area contributed by atoms with Crippen molar-refractivity contribution in [2.24, 2.45) is 0 Å². The van der Waals surface area contributed by atoms with Crippen LogP contribution in [0, 0.1) is 7.11 Å². The molecular formula is C7H13LiO. The van der Waals surface area contributed by atoms with Crippen LogP contribution in [0.2, 0.25) is 0 Å². The maximum atomic E-state index is 4.94. The minimum Gasteiger partial charge on any atom is -0.553 e. The summed E-state index contributed by atoms with van der Waals surface area (Å²) < 4.78 is 4.94. The third-order valence-electron chi connectivity index (χ3n) is 1.79. The fourth-order valence-electron chi connectivity index (χ4n) is 1.23. The molecule has 0 bridgehead atoms. The van der Waals surface area contributed by atoms with Crippen molar-refractivity contribution in [2.45, 2.75) is 38.2 Å². The summed E-state index contributed by atoms with van der Waals surface area (Å²) in [5.74, 6) is 0. The minimum absolute atomic E-state index is 0. The zero-order valence-electron chi connectivity index (χ0n) is 6.23. The van der Waals surface area contributed by atoms with E-state index in [2.05, 4.69) is 7.11 Å². The van der Waals surface area contributed by atoms with E-state index in [9.17, 15) is 0 Å². The van der Waals surface area contributed by atoms with Crippen molar-refractivity contribution in [3.05, 3.63) is 7.11 Å². The third-order valence-corrected chi connectivity index (χ3v) is 1.79. The molecule has 9 heavy (non-hydrogen) atoms. The van der Waals surface area contributed by atoms with E-state index in [-0.39, 0.29) is 18.9 Å². The van der Waals surface area contributed by atoms with Crippen molar-refractivity contribution < 1.29 is 23.6 Å². The van der Waals surface area contributed by atoms with E-state index < -0.39 is 0 Å². The van der Waals surface area contributed by atoms with Crippen molar-refractivity contribution in [3.63, 3.8) is 0 Å². The summed E-state index contributed by atoms with van der Waals surface area (Å²) in [4.78, 5) is 0. The largest absolute Gasteiger partial charge is 1.00 e. The molecule has 0 aromatic rings. The van der Waals surface area contributed by atoms with E-state index in [4.69, 9.17) is 4.74 Å².